The van der Waals surface area contributed by atoms with Crippen LogP contribution in [-0.4, -0.2) is 3.96 Å². The molecule has 0 radical (unpaired) electrons. The van der Waals surface area contributed by atoms with E-state index in [9.17, 15) is 0 Å². The van der Waals surface area contributed by atoms with Crippen molar-refractivity contribution < 1.29 is 0 Å². The molecule has 0 aliphatic carbocycles. The van der Waals surface area contributed by atoms with E-state index in [0.29, 0.717) is 0 Å². The molecule has 2 heteroatoms. The first-order valence-electron chi connectivity index (χ1n) is 2.03. The first-order chi connectivity index (χ1) is 2.88. The van der Waals surface area contributed by atoms with E-state index in [4.69, 9.17) is 0 Å². The minimum Gasteiger partial charge on any atom is -0.293 e. The molecule has 1 aliphatic heterocycles. The monoisotopic (exact) mass is 99.0 g/mol. The number of aryl methyl sites for hydroxylation is 1. The lowest BCUT2D eigenvalue weighted by Crippen LogP contribution is -1.69. The first kappa shape index (κ1) is 2.86. The van der Waals surface area contributed by atoms with Crippen molar-refractivity contribution >= 4 is 11.5 Å². The average molecular weight is 99.2 g/mol. The first-order valence-corrected chi connectivity index (χ1v) is 2.80. The van der Waals surface area contributed by atoms with Crippen LogP contribution in [0.4, 0.5) is 0 Å². The molecule has 0 fully saturated rings. The van der Waals surface area contributed by atoms with Crippen molar-refractivity contribution in [2.45, 2.75) is 13.5 Å². The van der Waals surface area contributed by atoms with Crippen molar-refractivity contribution in [1.29, 1.82) is 0 Å². The largest absolute Gasteiger partial charge is 0.293 e. The zero-order valence-electron chi connectivity index (χ0n) is 3.56. The predicted molar refractivity (Wildman–Crippen MR) is 26.1 cm³/mol. The van der Waals surface area contributed by atoms with Gasteiger partial charge >= 0.3 is 0 Å². The molecule has 0 amide bonds. The Kier molecular flexibility index (Phi) is 0.277. The van der Waals surface area contributed by atoms with E-state index in [1.165, 1.54) is 11.4 Å². The molecule has 32 valence electrons. The van der Waals surface area contributed by atoms with Crippen molar-refractivity contribution in [2.24, 2.45) is 0 Å². The van der Waals surface area contributed by atoms with Gasteiger partial charge in [-0.25, -0.2) is 0 Å². The van der Waals surface area contributed by atoms with E-state index in [0.717, 1.165) is 0 Å². The van der Waals surface area contributed by atoms with Crippen molar-refractivity contribution in [3.63, 3.8) is 0 Å². The van der Waals surface area contributed by atoms with Gasteiger partial charge in [0.25, 0.3) is 0 Å². The zero-order valence-corrected chi connectivity index (χ0v) is 4.38. The number of fused-ring (bicyclic) bond motifs is 1. The van der Waals surface area contributed by atoms with Gasteiger partial charge in [-0.15, -0.1) is 0 Å². The fourth-order valence-corrected chi connectivity index (χ4v) is 1.57. The van der Waals surface area contributed by atoms with Crippen LogP contribution in [0, 0.1) is 6.92 Å². The molecule has 2 heterocycles. The van der Waals surface area contributed by atoms with Crippen molar-refractivity contribution in [1.82, 2.24) is 3.96 Å². The van der Waals surface area contributed by atoms with Crippen LogP contribution in [-0.2, 0) is 6.54 Å². The highest BCUT2D eigenvalue weighted by atomic mass is 32.1. The van der Waals surface area contributed by atoms with Gasteiger partial charge in [0.15, 0.2) is 0 Å². The van der Waals surface area contributed by atoms with Gasteiger partial charge in [0.05, 0.1) is 12.2 Å². The summed E-state index contributed by atoms with van der Waals surface area (Å²) < 4.78 is 2.29. The Hall–Kier alpha value is -0.240. The number of rotatable bonds is 0. The van der Waals surface area contributed by atoms with Gasteiger partial charge in [0.1, 0.15) is 0 Å². The highest BCUT2D eigenvalue weighted by Gasteiger charge is 2.22. The molecule has 2 rings (SSSR count). The SMILES string of the molecule is Cc1sn2c1C2. The summed E-state index contributed by atoms with van der Waals surface area (Å²) in [5, 5.41) is 0. The van der Waals surface area contributed by atoms with Gasteiger partial charge in [-0.1, -0.05) is 11.5 Å². The topological polar surface area (TPSA) is 4.93 Å². The number of nitrogens with zero attached hydrogens (tertiary/aromatic N) is 1. The molecule has 1 aromatic heterocycles. The second kappa shape index (κ2) is 0.581. The third-order valence-corrected chi connectivity index (χ3v) is 2.22. The Balaban J connectivity index is 2.68. The predicted octanol–water partition coefficient (Wildman–Crippen LogP) is 1.22. The Morgan fingerprint density at radius 1 is 1.83 bits per heavy atom. The molecule has 0 aromatic carbocycles. The molecule has 0 saturated heterocycles. The normalized spacial score (nSPS) is 14.8. The van der Waals surface area contributed by atoms with Gasteiger partial charge in [-0.05, 0) is 6.92 Å². The smallest absolute Gasteiger partial charge is 0.0755 e. The second-order valence-electron chi connectivity index (χ2n) is 1.63. The fourth-order valence-electron chi connectivity index (χ4n) is 0.654. The van der Waals surface area contributed by atoms with Gasteiger partial charge in [0.2, 0.25) is 0 Å². The summed E-state index contributed by atoms with van der Waals surface area (Å²) in [4.78, 5) is 1.52. The quantitative estimate of drug-likeness (QED) is 0.468. The minimum atomic E-state index is 1.25. The molecular formula is C4H5NS. The van der Waals surface area contributed by atoms with Crippen molar-refractivity contribution in [3.8, 4) is 0 Å². The molecule has 6 heavy (non-hydrogen) atoms. The third-order valence-electron chi connectivity index (χ3n) is 1.14. The van der Waals surface area contributed by atoms with Crippen molar-refractivity contribution in [3.05, 3.63) is 10.6 Å². The average Bonchev–Trinajstić information content (AvgIpc) is 2.12. The van der Waals surface area contributed by atoms with Crippen LogP contribution in [0.25, 0.3) is 0 Å². The Labute approximate surface area is 40.4 Å². The molecule has 0 saturated carbocycles. The van der Waals surface area contributed by atoms with E-state index >= 15 is 0 Å². The summed E-state index contributed by atoms with van der Waals surface area (Å²) in [5.74, 6) is 0. The Morgan fingerprint density at radius 3 is 2.67 bits per heavy atom. The maximum absolute atomic E-state index is 2.29. The molecule has 0 bridgehead atoms. The number of hydrogen-bond acceptors (Lipinski definition) is 1. The van der Waals surface area contributed by atoms with Crippen LogP contribution in [0.3, 0.4) is 0 Å². The fraction of sp³-hybridized carbons (Fsp3) is 0.500. The summed E-state index contributed by atoms with van der Waals surface area (Å²) in [5.41, 5.74) is 1.57. The minimum absolute atomic E-state index is 1.25. The standard InChI is InChI=1S/C4H5NS/c1-3-4-2-5(4)6-3/h2H2,1H3. The second-order valence-corrected chi connectivity index (χ2v) is 2.87. The Morgan fingerprint density at radius 2 is 2.67 bits per heavy atom. The summed E-state index contributed by atoms with van der Waals surface area (Å²) in [6.07, 6.45) is 0. The van der Waals surface area contributed by atoms with E-state index < -0.39 is 0 Å². The lowest BCUT2D eigenvalue weighted by atomic mass is 10.5. The number of hydrogen-bond donors (Lipinski definition) is 0. The molecular weight excluding hydrogens is 94.1 g/mol. The maximum atomic E-state index is 2.29. The van der Waals surface area contributed by atoms with Crippen LogP contribution < -0.4 is 0 Å². The van der Waals surface area contributed by atoms with Crippen LogP contribution in [0.1, 0.15) is 10.6 Å². The van der Waals surface area contributed by atoms with Crippen LogP contribution >= 0.6 is 11.5 Å². The van der Waals surface area contributed by atoms with Crippen molar-refractivity contribution in [2.75, 3.05) is 0 Å². The van der Waals surface area contributed by atoms with E-state index in [1.807, 2.05) is 11.5 Å². The van der Waals surface area contributed by atoms with Gasteiger partial charge in [-0.2, -0.15) is 0 Å². The molecule has 0 N–H and O–H groups in total. The number of aromatic nitrogens is 1. The molecule has 0 spiro atoms. The molecule has 1 aliphatic rings. The van der Waals surface area contributed by atoms with Crippen LogP contribution in [0.2, 0.25) is 0 Å². The lowest BCUT2D eigenvalue weighted by Gasteiger charge is -1.85. The Bertz CT molecular complexity index is 172. The highest BCUT2D eigenvalue weighted by molar-refractivity contribution is 7.08. The summed E-state index contributed by atoms with van der Waals surface area (Å²) in [7, 11) is 0. The molecule has 1 aromatic rings. The van der Waals surface area contributed by atoms with Crippen LogP contribution in [0.5, 0.6) is 0 Å². The van der Waals surface area contributed by atoms with E-state index in [1.54, 1.807) is 5.69 Å². The molecule has 0 atom stereocenters. The van der Waals surface area contributed by atoms with Gasteiger partial charge in [-0.3, -0.25) is 3.96 Å². The maximum Gasteiger partial charge on any atom is 0.0755 e. The lowest BCUT2D eigenvalue weighted by molar-refractivity contribution is 1.25. The van der Waals surface area contributed by atoms with Gasteiger partial charge < -0.3 is 0 Å². The third kappa shape index (κ3) is 0.151. The van der Waals surface area contributed by atoms with Gasteiger partial charge in [0, 0.05) is 4.88 Å². The summed E-state index contributed by atoms with van der Waals surface area (Å²) in [6, 6.07) is 0. The van der Waals surface area contributed by atoms with E-state index in [-0.39, 0.29) is 0 Å². The van der Waals surface area contributed by atoms with Crippen LogP contribution in [0.15, 0.2) is 0 Å². The molecule has 0 unspecified atom stereocenters. The summed E-state index contributed by atoms with van der Waals surface area (Å²) >= 11 is 1.87. The highest BCUT2D eigenvalue weighted by Crippen LogP contribution is 2.32. The summed E-state index contributed by atoms with van der Waals surface area (Å²) in [6.45, 7) is 3.42. The van der Waals surface area contributed by atoms with E-state index in [2.05, 4.69) is 10.9 Å². The molecule has 1 nitrogen and oxygen atoms in total. The zero-order chi connectivity index (χ0) is 4.15.